The van der Waals surface area contributed by atoms with Gasteiger partial charge in [0, 0.05) is 48.8 Å². The lowest BCUT2D eigenvalue weighted by atomic mass is 10.0. The molecule has 10 heteroatoms. The quantitative estimate of drug-likeness (QED) is 0.292. The molecule has 0 saturated carbocycles. The Labute approximate surface area is 247 Å². The van der Waals surface area contributed by atoms with Gasteiger partial charge in [0.15, 0.2) is 0 Å². The first kappa shape index (κ1) is 29.1. The number of nitrogens with one attached hydrogen (secondary N) is 1. The summed E-state index contributed by atoms with van der Waals surface area (Å²) in [5, 5.41) is 3.99. The van der Waals surface area contributed by atoms with Crippen LogP contribution in [0.15, 0.2) is 65.1 Å². The van der Waals surface area contributed by atoms with Gasteiger partial charge in [-0.1, -0.05) is 63.4 Å². The van der Waals surface area contributed by atoms with Crippen LogP contribution in [-0.2, 0) is 17.8 Å². The van der Waals surface area contributed by atoms with Crippen molar-refractivity contribution in [1.29, 1.82) is 0 Å². The van der Waals surface area contributed by atoms with Crippen molar-refractivity contribution >= 4 is 51.1 Å². The zero-order chi connectivity index (χ0) is 27.9. The van der Waals surface area contributed by atoms with Crippen LogP contribution >= 0.6 is 39.1 Å². The number of amides is 3. The number of hydrogen-bond acceptors (Lipinski definition) is 4. The molecule has 0 bridgehead atoms. The van der Waals surface area contributed by atoms with Gasteiger partial charge in [0.2, 0.25) is 5.91 Å². The predicted molar refractivity (Wildman–Crippen MR) is 157 cm³/mol. The second kappa shape index (κ2) is 13.4. The Balaban J connectivity index is 1.25. The third-order valence-corrected chi connectivity index (χ3v) is 8.09. The minimum absolute atomic E-state index is 0.0145. The SMILES string of the molecule is COc1ccccc1CC(=O)N1CCC(NC(=O)N(C)Cc2ccc(Oc3ccc(Cl)c(Cl)c3)cc2Br)CC1. The third-order valence-electron chi connectivity index (χ3n) is 6.61. The number of carbonyl (C=O) groups excluding carboxylic acids is 2. The summed E-state index contributed by atoms with van der Waals surface area (Å²) in [6.45, 7) is 1.62. The summed E-state index contributed by atoms with van der Waals surface area (Å²) in [6, 6.07) is 18.1. The van der Waals surface area contributed by atoms with Gasteiger partial charge < -0.3 is 24.6 Å². The van der Waals surface area contributed by atoms with E-state index in [1.54, 1.807) is 37.3 Å². The highest BCUT2D eigenvalue weighted by molar-refractivity contribution is 9.10. The molecule has 0 spiro atoms. The number of benzene rings is 3. The number of ether oxygens (including phenoxy) is 2. The fourth-order valence-electron chi connectivity index (χ4n) is 4.41. The van der Waals surface area contributed by atoms with Gasteiger partial charge in [-0.25, -0.2) is 4.79 Å². The van der Waals surface area contributed by atoms with Gasteiger partial charge in [0.1, 0.15) is 17.2 Å². The van der Waals surface area contributed by atoms with Gasteiger partial charge in [-0.15, -0.1) is 0 Å². The highest BCUT2D eigenvalue weighted by Gasteiger charge is 2.25. The Hall–Kier alpha value is -2.94. The van der Waals surface area contributed by atoms with Crippen molar-refractivity contribution in [2.45, 2.75) is 31.8 Å². The topological polar surface area (TPSA) is 71.1 Å². The van der Waals surface area contributed by atoms with E-state index in [2.05, 4.69) is 21.2 Å². The summed E-state index contributed by atoms with van der Waals surface area (Å²) in [5.41, 5.74) is 1.81. The fourth-order valence-corrected chi connectivity index (χ4v) is 5.18. The third kappa shape index (κ3) is 7.81. The van der Waals surface area contributed by atoms with Crippen molar-refractivity contribution in [3.05, 3.63) is 86.3 Å². The number of halogens is 3. The standard InChI is InChI=1S/C29H30BrCl2N3O4/c1-34(18-20-7-8-22(16-24(20)30)39-23-9-10-25(31)26(32)17-23)29(37)33-21-11-13-35(14-12-21)28(36)15-19-5-3-4-6-27(19)38-2/h3-10,16-17,21H,11-15,18H2,1-2H3,(H,33,37). The summed E-state index contributed by atoms with van der Waals surface area (Å²) in [6.07, 6.45) is 1.72. The Morgan fingerprint density at radius 1 is 1.00 bits per heavy atom. The molecule has 1 N–H and O–H groups in total. The number of piperidine rings is 1. The van der Waals surface area contributed by atoms with Crippen LogP contribution in [0, 0.1) is 0 Å². The molecular formula is C29H30BrCl2N3O4. The predicted octanol–water partition coefficient (Wildman–Crippen LogP) is 6.93. The normalized spacial score (nSPS) is 13.6. The second-order valence-corrected chi connectivity index (χ2v) is 11.0. The first-order chi connectivity index (χ1) is 18.7. The molecule has 1 saturated heterocycles. The van der Waals surface area contributed by atoms with Gasteiger partial charge in [-0.3, -0.25) is 4.79 Å². The largest absolute Gasteiger partial charge is 0.496 e. The maximum absolute atomic E-state index is 12.9. The van der Waals surface area contributed by atoms with E-state index in [0.29, 0.717) is 60.4 Å². The Kier molecular flexibility index (Phi) is 9.99. The Morgan fingerprint density at radius 3 is 2.38 bits per heavy atom. The van der Waals surface area contributed by atoms with E-state index < -0.39 is 0 Å². The second-order valence-electron chi connectivity index (χ2n) is 9.38. The minimum Gasteiger partial charge on any atom is -0.496 e. The van der Waals surface area contributed by atoms with Gasteiger partial charge in [0.25, 0.3) is 0 Å². The van der Waals surface area contributed by atoms with E-state index >= 15 is 0 Å². The van der Waals surface area contributed by atoms with Crippen molar-refractivity contribution in [3.63, 3.8) is 0 Å². The molecule has 3 amide bonds. The van der Waals surface area contributed by atoms with Gasteiger partial charge in [0.05, 0.1) is 23.6 Å². The van der Waals surface area contributed by atoms with Crippen LogP contribution in [0.1, 0.15) is 24.0 Å². The average molecular weight is 635 g/mol. The van der Waals surface area contributed by atoms with Gasteiger partial charge in [-0.2, -0.15) is 0 Å². The fraction of sp³-hybridized carbons (Fsp3) is 0.310. The molecule has 39 heavy (non-hydrogen) atoms. The highest BCUT2D eigenvalue weighted by atomic mass is 79.9. The summed E-state index contributed by atoms with van der Waals surface area (Å²) in [5.74, 6) is 1.99. The Bertz CT molecular complexity index is 1330. The molecular weight excluding hydrogens is 605 g/mol. The molecule has 3 aromatic rings. The smallest absolute Gasteiger partial charge is 0.317 e. The van der Waals surface area contributed by atoms with E-state index in [-0.39, 0.29) is 18.0 Å². The van der Waals surface area contributed by atoms with Crippen LogP contribution in [-0.4, -0.2) is 55.0 Å². The summed E-state index contributed by atoms with van der Waals surface area (Å²) in [7, 11) is 3.37. The molecule has 206 valence electrons. The van der Waals surface area contributed by atoms with E-state index in [1.165, 1.54) is 0 Å². The molecule has 0 atom stereocenters. The molecule has 0 radical (unpaired) electrons. The lowest BCUT2D eigenvalue weighted by Gasteiger charge is -2.33. The first-order valence-electron chi connectivity index (χ1n) is 12.6. The van der Waals surface area contributed by atoms with Crippen molar-refractivity contribution in [2.24, 2.45) is 0 Å². The van der Waals surface area contributed by atoms with Crippen LogP contribution in [0.2, 0.25) is 10.0 Å². The molecule has 3 aromatic carbocycles. The van der Waals surface area contributed by atoms with Crippen molar-refractivity contribution in [3.8, 4) is 17.2 Å². The summed E-state index contributed by atoms with van der Waals surface area (Å²) < 4.78 is 12.1. The molecule has 1 heterocycles. The zero-order valence-electron chi connectivity index (χ0n) is 21.8. The number of likely N-dealkylation sites (tertiary alicyclic amines) is 1. The summed E-state index contributed by atoms with van der Waals surface area (Å²) >= 11 is 15.6. The molecule has 1 fully saturated rings. The number of urea groups is 1. The minimum atomic E-state index is -0.156. The molecule has 0 aromatic heterocycles. The van der Waals surface area contributed by atoms with Crippen LogP contribution in [0.5, 0.6) is 17.2 Å². The van der Waals surface area contributed by atoms with E-state index in [1.807, 2.05) is 47.4 Å². The van der Waals surface area contributed by atoms with E-state index in [0.717, 1.165) is 21.3 Å². The number of methoxy groups -OCH3 is 1. The van der Waals surface area contributed by atoms with E-state index in [9.17, 15) is 9.59 Å². The van der Waals surface area contributed by atoms with Crippen LogP contribution in [0.4, 0.5) is 4.79 Å². The van der Waals surface area contributed by atoms with Gasteiger partial charge in [-0.05, 0) is 48.7 Å². The zero-order valence-corrected chi connectivity index (χ0v) is 24.9. The number of hydrogen-bond donors (Lipinski definition) is 1. The summed E-state index contributed by atoms with van der Waals surface area (Å²) in [4.78, 5) is 29.2. The molecule has 7 nitrogen and oxygen atoms in total. The molecule has 1 aliphatic heterocycles. The lowest BCUT2D eigenvalue weighted by molar-refractivity contribution is -0.131. The monoisotopic (exact) mass is 633 g/mol. The van der Waals surface area contributed by atoms with Crippen molar-refractivity contribution < 1.29 is 19.1 Å². The number of rotatable bonds is 8. The Morgan fingerprint density at radius 2 is 1.69 bits per heavy atom. The molecule has 4 rings (SSSR count). The van der Waals surface area contributed by atoms with Crippen LogP contribution < -0.4 is 14.8 Å². The molecule has 0 unspecified atom stereocenters. The lowest BCUT2D eigenvalue weighted by Crippen LogP contribution is -2.49. The van der Waals surface area contributed by atoms with Crippen molar-refractivity contribution in [2.75, 3.05) is 27.2 Å². The molecule has 0 aliphatic carbocycles. The maximum Gasteiger partial charge on any atom is 0.317 e. The van der Waals surface area contributed by atoms with Crippen LogP contribution in [0.3, 0.4) is 0 Å². The first-order valence-corrected chi connectivity index (χ1v) is 14.1. The highest BCUT2D eigenvalue weighted by Crippen LogP contribution is 2.31. The number of para-hydroxylation sites is 1. The van der Waals surface area contributed by atoms with E-state index in [4.69, 9.17) is 32.7 Å². The number of carbonyl (C=O) groups is 2. The average Bonchev–Trinajstić information content (AvgIpc) is 2.93. The molecule has 1 aliphatic rings. The maximum atomic E-state index is 12.9. The van der Waals surface area contributed by atoms with Crippen LogP contribution in [0.25, 0.3) is 0 Å². The van der Waals surface area contributed by atoms with Crippen molar-refractivity contribution in [1.82, 2.24) is 15.1 Å². The number of nitrogens with zero attached hydrogens (tertiary/aromatic N) is 2. The van der Waals surface area contributed by atoms with Gasteiger partial charge >= 0.3 is 6.03 Å².